The maximum atomic E-state index is 12.7. The number of urea groups is 1. The summed E-state index contributed by atoms with van der Waals surface area (Å²) < 4.78 is 7.13. The minimum absolute atomic E-state index is 0.161. The maximum absolute atomic E-state index is 12.7. The third kappa shape index (κ3) is 4.42. The highest BCUT2D eigenvalue weighted by molar-refractivity contribution is 6.00. The number of methoxy groups -OCH3 is 1. The molecule has 8 nitrogen and oxygen atoms in total. The van der Waals surface area contributed by atoms with E-state index in [-0.39, 0.29) is 18.0 Å². The number of carbonyl (C=O) groups is 2. The lowest BCUT2D eigenvalue weighted by molar-refractivity contribution is -0.136. The van der Waals surface area contributed by atoms with Gasteiger partial charge in [0.2, 0.25) is 5.91 Å². The van der Waals surface area contributed by atoms with Crippen LogP contribution in [0.2, 0.25) is 0 Å². The molecule has 0 atom stereocenters. The topological polar surface area (TPSA) is 88.5 Å². The van der Waals surface area contributed by atoms with E-state index in [9.17, 15) is 9.59 Å². The third-order valence-corrected chi connectivity index (χ3v) is 6.09. The molecule has 30 heavy (non-hydrogen) atoms. The van der Waals surface area contributed by atoms with Crippen molar-refractivity contribution in [3.05, 3.63) is 36.5 Å². The molecule has 2 N–H and O–H groups in total. The zero-order valence-electron chi connectivity index (χ0n) is 17.3. The Morgan fingerprint density at radius 3 is 2.50 bits per heavy atom. The second-order valence-electron chi connectivity index (χ2n) is 7.98. The lowest BCUT2D eigenvalue weighted by atomic mass is 10.0. The largest absolute Gasteiger partial charge is 0.495 e. The number of ether oxygens (including phenoxy) is 1. The molecule has 8 heteroatoms. The highest BCUT2D eigenvalue weighted by atomic mass is 16.5. The number of anilines is 2. The summed E-state index contributed by atoms with van der Waals surface area (Å²) in [5.74, 6) is 1.78. The van der Waals surface area contributed by atoms with Gasteiger partial charge in [0, 0.05) is 25.1 Å². The van der Waals surface area contributed by atoms with Gasteiger partial charge in [0.15, 0.2) is 0 Å². The van der Waals surface area contributed by atoms with E-state index in [0.29, 0.717) is 23.2 Å². The SMILES string of the molecule is COc1ccccc1NC(=O)Nc1ccnn1C1CCN(C(=O)C2CCCC2)CC1. The fourth-order valence-electron chi connectivity index (χ4n) is 4.48. The minimum atomic E-state index is -0.352. The van der Waals surface area contributed by atoms with Crippen LogP contribution in [0.5, 0.6) is 5.75 Å². The highest BCUT2D eigenvalue weighted by Crippen LogP contribution is 2.30. The molecule has 1 saturated carbocycles. The van der Waals surface area contributed by atoms with Crippen LogP contribution in [0.4, 0.5) is 16.3 Å². The molecule has 2 aliphatic rings. The summed E-state index contributed by atoms with van der Waals surface area (Å²) in [4.78, 5) is 27.2. The number of likely N-dealkylation sites (tertiary alicyclic amines) is 1. The third-order valence-electron chi connectivity index (χ3n) is 6.09. The van der Waals surface area contributed by atoms with E-state index in [4.69, 9.17) is 4.74 Å². The number of benzene rings is 1. The first-order chi connectivity index (χ1) is 14.7. The van der Waals surface area contributed by atoms with Gasteiger partial charge in [0.1, 0.15) is 11.6 Å². The molecule has 2 heterocycles. The fourth-order valence-corrected chi connectivity index (χ4v) is 4.48. The van der Waals surface area contributed by atoms with E-state index in [1.807, 2.05) is 21.7 Å². The number of amides is 3. The first kappa shape index (κ1) is 20.3. The Labute approximate surface area is 176 Å². The molecule has 0 unspecified atom stereocenters. The first-order valence-electron chi connectivity index (χ1n) is 10.7. The van der Waals surface area contributed by atoms with Gasteiger partial charge in [0.25, 0.3) is 0 Å². The lowest BCUT2D eigenvalue weighted by Crippen LogP contribution is -2.42. The number of hydrogen-bond donors (Lipinski definition) is 2. The van der Waals surface area contributed by atoms with Gasteiger partial charge in [0.05, 0.1) is 25.0 Å². The van der Waals surface area contributed by atoms with Crippen LogP contribution in [-0.2, 0) is 4.79 Å². The molecule has 0 bridgehead atoms. The quantitative estimate of drug-likeness (QED) is 0.781. The molecule has 1 aromatic heterocycles. The molecule has 2 aromatic rings. The first-order valence-corrected chi connectivity index (χ1v) is 10.7. The molecule has 1 aromatic carbocycles. The van der Waals surface area contributed by atoms with Crippen LogP contribution >= 0.6 is 0 Å². The van der Waals surface area contributed by atoms with Crippen LogP contribution in [0.25, 0.3) is 0 Å². The number of hydrogen-bond acceptors (Lipinski definition) is 4. The van der Waals surface area contributed by atoms with Crippen LogP contribution < -0.4 is 15.4 Å². The summed E-state index contributed by atoms with van der Waals surface area (Å²) in [6.45, 7) is 1.49. The Balaban J connectivity index is 1.34. The van der Waals surface area contributed by atoms with E-state index >= 15 is 0 Å². The van der Waals surface area contributed by atoms with E-state index < -0.39 is 0 Å². The van der Waals surface area contributed by atoms with E-state index in [0.717, 1.165) is 38.8 Å². The Hall–Kier alpha value is -3.03. The predicted octanol–water partition coefficient (Wildman–Crippen LogP) is 3.89. The molecule has 0 radical (unpaired) electrons. The number of carbonyl (C=O) groups excluding carboxylic acids is 2. The van der Waals surface area contributed by atoms with Gasteiger partial charge in [-0.2, -0.15) is 5.10 Å². The summed E-state index contributed by atoms with van der Waals surface area (Å²) in [6.07, 6.45) is 7.78. The van der Waals surface area contributed by atoms with Gasteiger partial charge in [-0.25, -0.2) is 9.48 Å². The second kappa shape index (κ2) is 9.19. The fraction of sp³-hybridized carbons (Fsp3) is 0.500. The number of aromatic nitrogens is 2. The van der Waals surface area contributed by atoms with Crippen molar-refractivity contribution >= 4 is 23.4 Å². The van der Waals surface area contributed by atoms with Crippen LogP contribution in [0.3, 0.4) is 0 Å². The summed E-state index contributed by atoms with van der Waals surface area (Å²) in [7, 11) is 1.57. The van der Waals surface area contributed by atoms with Crippen molar-refractivity contribution in [2.75, 3.05) is 30.8 Å². The van der Waals surface area contributed by atoms with Gasteiger partial charge in [-0.05, 0) is 37.8 Å². The smallest absolute Gasteiger partial charge is 0.324 e. The number of nitrogens with zero attached hydrogens (tertiary/aromatic N) is 3. The van der Waals surface area contributed by atoms with Crippen molar-refractivity contribution in [3.63, 3.8) is 0 Å². The molecule has 1 aliphatic carbocycles. The van der Waals surface area contributed by atoms with Crippen LogP contribution in [-0.4, -0.2) is 46.8 Å². The maximum Gasteiger partial charge on any atom is 0.324 e. The van der Waals surface area contributed by atoms with Crippen molar-refractivity contribution in [3.8, 4) is 5.75 Å². The Kier molecular flexibility index (Phi) is 6.21. The molecule has 160 valence electrons. The van der Waals surface area contributed by atoms with Crippen molar-refractivity contribution in [2.24, 2.45) is 5.92 Å². The van der Waals surface area contributed by atoms with Gasteiger partial charge >= 0.3 is 6.03 Å². The molecule has 2 fully saturated rings. The zero-order valence-corrected chi connectivity index (χ0v) is 17.3. The van der Waals surface area contributed by atoms with E-state index in [1.165, 1.54) is 12.8 Å². The Morgan fingerprint density at radius 2 is 1.77 bits per heavy atom. The molecular formula is C22H29N5O3. The molecule has 4 rings (SSSR count). The summed E-state index contributed by atoms with van der Waals surface area (Å²) >= 11 is 0. The van der Waals surface area contributed by atoms with E-state index in [1.54, 1.807) is 31.5 Å². The lowest BCUT2D eigenvalue weighted by Gasteiger charge is -2.34. The average Bonchev–Trinajstić information content (AvgIpc) is 3.46. The molecule has 3 amide bonds. The molecular weight excluding hydrogens is 382 g/mol. The predicted molar refractivity (Wildman–Crippen MR) is 115 cm³/mol. The van der Waals surface area contributed by atoms with Gasteiger partial charge < -0.3 is 15.0 Å². The number of para-hydroxylation sites is 2. The van der Waals surface area contributed by atoms with Crippen molar-refractivity contribution < 1.29 is 14.3 Å². The number of piperidine rings is 1. The number of rotatable bonds is 5. The summed E-state index contributed by atoms with van der Waals surface area (Å²) in [5.41, 5.74) is 0.599. The van der Waals surface area contributed by atoms with Gasteiger partial charge in [-0.3, -0.25) is 10.1 Å². The van der Waals surface area contributed by atoms with Crippen molar-refractivity contribution in [1.82, 2.24) is 14.7 Å². The summed E-state index contributed by atoms with van der Waals surface area (Å²) in [5, 5.41) is 10.1. The standard InChI is InChI=1S/C22H29N5O3/c1-30-19-9-5-4-8-18(19)24-22(29)25-20-10-13-23-27(20)17-11-14-26(15-12-17)21(28)16-6-2-3-7-16/h4-5,8-10,13,16-17H,2-3,6-7,11-12,14-15H2,1H3,(H2,24,25,29). The monoisotopic (exact) mass is 411 g/mol. The Morgan fingerprint density at radius 1 is 1.03 bits per heavy atom. The number of nitrogens with one attached hydrogen (secondary N) is 2. The Bertz CT molecular complexity index is 882. The van der Waals surface area contributed by atoms with Crippen LogP contribution in [0.1, 0.15) is 44.6 Å². The average molecular weight is 412 g/mol. The minimum Gasteiger partial charge on any atom is -0.495 e. The van der Waals surface area contributed by atoms with Gasteiger partial charge in [-0.1, -0.05) is 25.0 Å². The van der Waals surface area contributed by atoms with Crippen molar-refractivity contribution in [2.45, 2.75) is 44.6 Å². The van der Waals surface area contributed by atoms with Gasteiger partial charge in [-0.15, -0.1) is 0 Å². The second-order valence-corrected chi connectivity index (χ2v) is 7.98. The highest BCUT2D eigenvalue weighted by Gasteiger charge is 2.31. The molecule has 0 spiro atoms. The van der Waals surface area contributed by atoms with Crippen LogP contribution in [0.15, 0.2) is 36.5 Å². The molecule has 1 saturated heterocycles. The van der Waals surface area contributed by atoms with Crippen LogP contribution in [0, 0.1) is 5.92 Å². The molecule has 1 aliphatic heterocycles. The van der Waals surface area contributed by atoms with Crippen molar-refractivity contribution in [1.29, 1.82) is 0 Å². The summed E-state index contributed by atoms with van der Waals surface area (Å²) in [6, 6.07) is 8.86. The normalized spacial score (nSPS) is 17.7. The van der Waals surface area contributed by atoms with E-state index in [2.05, 4.69) is 15.7 Å². The zero-order chi connectivity index (χ0) is 20.9.